The highest BCUT2D eigenvalue weighted by atomic mass is 16.5. The second-order valence-corrected chi connectivity index (χ2v) is 5.35. The van der Waals surface area contributed by atoms with Crippen LogP contribution in [-0.2, 0) is 13.0 Å². The largest absolute Gasteiger partial charge is 0.504 e. The van der Waals surface area contributed by atoms with Gasteiger partial charge in [0.05, 0.1) is 12.6 Å². The van der Waals surface area contributed by atoms with E-state index in [4.69, 9.17) is 4.74 Å². The third-order valence-corrected chi connectivity index (χ3v) is 3.90. The molecule has 0 atom stereocenters. The van der Waals surface area contributed by atoms with Crippen molar-refractivity contribution >= 4 is 16.6 Å². The number of para-hydroxylation sites is 2. The zero-order valence-electron chi connectivity index (χ0n) is 13.3. The van der Waals surface area contributed by atoms with Gasteiger partial charge in [-0.05, 0) is 24.6 Å². The zero-order valence-corrected chi connectivity index (χ0v) is 13.3. The molecule has 0 aliphatic rings. The van der Waals surface area contributed by atoms with Gasteiger partial charge in [-0.3, -0.25) is 4.98 Å². The lowest BCUT2D eigenvalue weighted by Crippen LogP contribution is -2.03. The highest BCUT2D eigenvalue weighted by Gasteiger charge is 2.09. The topological polar surface area (TPSA) is 54.4 Å². The number of rotatable bonds is 5. The minimum atomic E-state index is 0.177. The first-order valence-electron chi connectivity index (χ1n) is 7.70. The van der Waals surface area contributed by atoms with Gasteiger partial charge in [0.1, 0.15) is 0 Å². The Kier molecular flexibility index (Phi) is 4.33. The fourth-order valence-corrected chi connectivity index (χ4v) is 2.62. The molecule has 0 saturated carbocycles. The Labute approximate surface area is 135 Å². The van der Waals surface area contributed by atoms with Crippen LogP contribution in [0.1, 0.15) is 18.2 Å². The number of phenolic OH excluding ortho intramolecular Hbond substituents is 1. The van der Waals surface area contributed by atoms with Crippen molar-refractivity contribution in [1.29, 1.82) is 0 Å². The van der Waals surface area contributed by atoms with Gasteiger partial charge < -0.3 is 15.2 Å². The van der Waals surface area contributed by atoms with Crippen LogP contribution in [0.15, 0.2) is 48.5 Å². The van der Waals surface area contributed by atoms with Gasteiger partial charge in [-0.15, -0.1) is 0 Å². The van der Waals surface area contributed by atoms with E-state index in [0.717, 1.165) is 34.3 Å². The molecule has 3 rings (SSSR count). The van der Waals surface area contributed by atoms with Crippen molar-refractivity contribution in [3.63, 3.8) is 0 Å². The number of aromatic hydroxyl groups is 1. The summed E-state index contributed by atoms with van der Waals surface area (Å²) >= 11 is 0. The Morgan fingerprint density at radius 2 is 1.96 bits per heavy atom. The maximum atomic E-state index is 10.2. The summed E-state index contributed by atoms with van der Waals surface area (Å²) < 4.78 is 5.16. The van der Waals surface area contributed by atoms with E-state index < -0.39 is 0 Å². The van der Waals surface area contributed by atoms with Gasteiger partial charge in [0, 0.05) is 28.9 Å². The van der Waals surface area contributed by atoms with Crippen LogP contribution in [0.3, 0.4) is 0 Å². The van der Waals surface area contributed by atoms with E-state index in [1.165, 1.54) is 0 Å². The van der Waals surface area contributed by atoms with Crippen LogP contribution in [0.4, 0.5) is 5.69 Å². The van der Waals surface area contributed by atoms with Gasteiger partial charge in [-0.2, -0.15) is 0 Å². The summed E-state index contributed by atoms with van der Waals surface area (Å²) in [6.45, 7) is 2.61. The lowest BCUT2D eigenvalue weighted by atomic mass is 10.1. The number of phenols is 1. The van der Waals surface area contributed by atoms with Crippen LogP contribution in [-0.4, -0.2) is 17.2 Å². The zero-order chi connectivity index (χ0) is 16.2. The molecule has 0 fully saturated rings. The lowest BCUT2D eigenvalue weighted by Gasteiger charge is -2.13. The predicted molar refractivity (Wildman–Crippen MR) is 93.1 cm³/mol. The fraction of sp³-hybridized carbons (Fsp3) is 0.211. The highest BCUT2D eigenvalue weighted by molar-refractivity contribution is 5.91. The summed E-state index contributed by atoms with van der Waals surface area (Å²) in [6, 6.07) is 15.6. The number of methoxy groups -OCH3 is 1. The summed E-state index contributed by atoms with van der Waals surface area (Å²) in [5.74, 6) is 0.662. The molecular weight excluding hydrogens is 288 g/mol. The van der Waals surface area contributed by atoms with Crippen molar-refractivity contribution in [2.24, 2.45) is 0 Å². The molecule has 0 aliphatic heterocycles. The minimum Gasteiger partial charge on any atom is -0.504 e. The summed E-state index contributed by atoms with van der Waals surface area (Å²) in [6.07, 6.45) is 0.879. The van der Waals surface area contributed by atoms with Gasteiger partial charge >= 0.3 is 0 Å². The number of nitrogens with one attached hydrogen (secondary N) is 1. The molecule has 0 spiro atoms. The Bertz CT molecular complexity index is 831. The molecule has 23 heavy (non-hydrogen) atoms. The fourth-order valence-electron chi connectivity index (χ4n) is 2.62. The Morgan fingerprint density at radius 1 is 1.13 bits per heavy atom. The lowest BCUT2D eigenvalue weighted by molar-refractivity contribution is 0.371. The third-order valence-electron chi connectivity index (χ3n) is 3.90. The maximum absolute atomic E-state index is 10.2. The minimum absolute atomic E-state index is 0.177. The molecule has 4 nitrogen and oxygen atoms in total. The first-order valence-corrected chi connectivity index (χ1v) is 7.70. The number of ether oxygens (including phenoxy) is 1. The van der Waals surface area contributed by atoms with Crippen LogP contribution in [0.2, 0.25) is 0 Å². The number of hydrogen-bond donors (Lipinski definition) is 2. The van der Waals surface area contributed by atoms with E-state index in [1.54, 1.807) is 13.2 Å². The van der Waals surface area contributed by atoms with Gasteiger partial charge in [-0.25, -0.2) is 0 Å². The maximum Gasteiger partial charge on any atom is 0.162 e. The second-order valence-electron chi connectivity index (χ2n) is 5.35. The van der Waals surface area contributed by atoms with Gasteiger partial charge in [0.2, 0.25) is 0 Å². The first-order chi connectivity index (χ1) is 11.2. The van der Waals surface area contributed by atoms with E-state index in [1.807, 2.05) is 30.3 Å². The van der Waals surface area contributed by atoms with Crippen molar-refractivity contribution < 1.29 is 9.84 Å². The summed E-state index contributed by atoms with van der Waals surface area (Å²) in [7, 11) is 1.55. The molecule has 0 saturated heterocycles. The van der Waals surface area contributed by atoms with E-state index in [-0.39, 0.29) is 5.75 Å². The van der Waals surface area contributed by atoms with Crippen LogP contribution in [0.25, 0.3) is 10.9 Å². The number of hydrogen-bond acceptors (Lipinski definition) is 4. The molecule has 0 radical (unpaired) electrons. The van der Waals surface area contributed by atoms with Crippen molar-refractivity contribution in [1.82, 2.24) is 4.98 Å². The molecule has 0 aliphatic carbocycles. The Balaban J connectivity index is 1.93. The SMILES string of the molecule is CCc1cc(NCc2cccc(OC)c2O)c2ccccc2n1. The molecule has 0 unspecified atom stereocenters. The van der Waals surface area contributed by atoms with Gasteiger partial charge in [-0.1, -0.05) is 37.3 Å². The smallest absolute Gasteiger partial charge is 0.162 e. The van der Waals surface area contributed by atoms with E-state index in [2.05, 4.69) is 29.4 Å². The number of nitrogens with zero attached hydrogens (tertiary/aromatic N) is 1. The number of fused-ring (bicyclic) bond motifs is 1. The summed E-state index contributed by atoms with van der Waals surface area (Å²) in [4.78, 5) is 4.64. The average molecular weight is 308 g/mol. The van der Waals surface area contributed by atoms with Crippen molar-refractivity contribution in [2.75, 3.05) is 12.4 Å². The highest BCUT2D eigenvalue weighted by Crippen LogP contribution is 2.31. The van der Waals surface area contributed by atoms with Crippen molar-refractivity contribution in [3.05, 3.63) is 59.8 Å². The molecule has 0 amide bonds. The van der Waals surface area contributed by atoms with Crippen LogP contribution >= 0.6 is 0 Å². The molecule has 3 aromatic rings. The Morgan fingerprint density at radius 3 is 2.74 bits per heavy atom. The van der Waals surface area contributed by atoms with Crippen LogP contribution in [0.5, 0.6) is 11.5 Å². The molecular formula is C19H20N2O2. The molecule has 1 heterocycles. The molecule has 118 valence electrons. The number of anilines is 1. The predicted octanol–water partition coefficient (Wildman–Crippen LogP) is 4.12. The average Bonchev–Trinajstić information content (AvgIpc) is 2.60. The van der Waals surface area contributed by atoms with E-state index >= 15 is 0 Å². The quantitative estimate of drug-likeness (QED) is 0.744. The monoisotopic (exact) mass is 308 g/mol. The number of benzene rings is 2. The van der Waals surface area contributed by atoms with Crippen LogP contribution < -0.4 is 10.1 Å². The molecule has 4 heteroatoms. The summed E-state index contributed by atoms with van der Waals surface area (Å²) in [5, 5.41) is 14.7. The van der Waals surface area contributed by atoms with E-state index in [0.29, 0.717) is 12.3 Å². The Hall–Kier alpha value is -2.75. The number of pyridine rings is 1. The number of aryl methyl sites for hydroxylation is 1. The van der Waals surface area contributed by atoms with Gasteiger partial charge in [0.25, 0.3) is 0 Å². The standard InChI is InChI=1S/C19H20N2O2/c1-3-14-11-17(15-8-4-5-9-16(15)21-14)20-12-13-7-6-10-18(23-2)19(13)22/h4-11,22H,3,12H2,1-2H3,(H,20,21). The van der Waals surface area contributed by atoms with Crippen molar-refractivity contribution in [3.8, 4) is 11.5 Å². The van der Waals surface area contributed by atoms with Crippen molar-refractivity contribution in [2.45, 2.75) is 19.9 Å². The third kappa shape index (κ3) is 3.06. The molecule has 2 aromatic carbocycles. The second kappa shape index (κ2) is 6.57. The molecule has 1 aromatic heterocycles. The first kappa shape index (κ1) is 15.2. The van der Waals surface area contributed by atoms with Crippen LogP contribution in [0, 0.1) is 0 Å². The normalized spacial score (nSPS) is 10.7. The number of aromatic nitrogens is 1. The summed E-state index contributed by atoms with van der Waals surface area (Å²) in [5.41, 5.74) is 3.84. The van der Waals surface area contributed by atoms with E-state index in [9.17, 15) is 5.11 Å². The molecule has 0 bridgehead atoms. The van der Waals surface area contributed by atoms with Gasteiger partial charge in [0.15, 0.2) is 11.5 Å². The molecule has 2 N–H and O–H groups in total.